The van der Waals surface area contributed by atoms with Gasteiger partial charge in [-0.05, 0) is 31.9 Å². The third-order valence-electron chi connectivity index (χ3n) is 3.86. The fourth-order valence-electron chi connectivity index (χ4n) is 2.72. The molecule has 2 heteroatoms. The van der Waals surface area contributed by atoms with Gasteiger partial charge in [0.2, 0.25) is 0 Å². The molecule has 0 aromatic heterocycles. The second kappa shape index (κ2) is 6.18. The van der Waals surface area contributed by atoms with Gasteiger partial charge in [0, 0.05) is 12.6 Å². The molecule has 1 aliphatic carbocycles. The van der Waals surface area contributed by atoms with Crippen LogP contribution in [0.5, 0.6) is 0 Å². The first-order chi connectivity index (χ1) is 8.27. The third kappa shape index (κ3) is 3.55. The molecule has 0 spiro atoms. The van der Waals surface area contributed by atoms with Crippen LogP contribution in [-0.4, -0.2) is 35.7 Å². The van der Waals surface area contributed by atoms with Crippen LogP contribution in [0, 0.1) is 0 Å². The van der Waals surface area contributed by atoms with Crippen LogP contribution in [0.25, 0.3) is 0 Å². The number of hydrogen-bond acceptors (Lipinski definition) is 2. The van der Waals surface area contributed by atoms with Crippen molar-refractivity contribution in [3.63, 3.8) is 0 Å². The zero-order chi connectivity index (χ0) is 12.1. The molecule has 2 rings (SSSR count). The van der Waals surface area contributed by atoms with E-state index < -0.39 is 0 Å². The summed E-state index contributed by atoms with van der Waals surface area (Å²) < 4.78 is 0. The highest BCUT2D eigenvalue weighted by molar-refractivity contribution is 5.14. The van der Waals surface area contributed by atoms with Gasteiger partial charge < -0.3 is 10.0 Å². The summed E-state index contributed by atoms with van der Waals surface area (Å²) in [5.41, 5.74) is 1.38. The number of rotatable bonds is 4. The van der Waals surface area contributed by atoms with E-state index in [9.17, 15) is 5.11 Å². The molecule has 1 saturated carbocycles. The normalized spacial score (nSPS) is 25.1. The van der Waals surface area contributed by atoms with E-state index in [1.165, 1.54) is 18.4 Å². The van der Waals surface area contributed by atoms with E-state index in [-0.39, 0.29) is 6.10 Å². The number of nitrogens with zero attached hydrogens (tertiary/aromatic N) is 1. The van der Waals surface area contributed by atoms with Gasteiger partial charge in [0.25, 0.3) is 0 Å². The van der Waals surface area contributed by atoms with Gasteiger partial charge in [-0.2, -0.15) is 0 Å². The maximum atomic E-state index is 9.99. The molecular formula is C15H23NO. The van der Waals surface area contributed by atoms with Gasteiger partial charge in [-0.15, -0.1) is 0 Å². The fraction of sp³-hybridized carbons (Fsp3) is 0.600. The van der Waals surface area contributed by atoms with Gasteiger partial charge in [-0.3, -0.25) is 0 Å². The lowest BCUT2D eigenvalue weighted by molar-refractivity contribution is 0.0327. The van der Waals surface area contributed by atoms with Gasteiger partial charge in [0.1, 0.15) is 0 Å². The molecule has 0 radical (unpaired) electrons. The minimum Gasteiger partial charge on any atom is -0.391 e. The number of likely N-dealkylation sites (N-methyl/N-ethyl adjacent to an activating group) is 1. The van der Waals surface area contributed by atoms with Crippen molar-refractivity contribution in [1.82, 2.24) is 4.90 Å². The highest BCUT2D eigenvalue weighted by atomic mass is 16.3. The van der Waals surface area contributed by atoms with E-state index in [0.29, 0.717) is 6.04 Å². The SMILES string of the molecule is CN(CCc1ccccc1)[C@H]1CCCC[C@@H]1O. The smallest absolute Gasteiger partial charge is 0.0695 e. The number of aliphatic hydroxyl groups excluding tert-OH is 1. The summed E-state index contributed by atoms with van der Waals surface area (Å²) in [5.74, 6) is 0. The van der Waals surface area contributed by atoms with Crippen LogP contribution in [-0.2, 0) is 6.42 Å². The molecule has 1 fully saturated rings. The Labute approximate surface area is 104 Å². The van der Waals surface area contributed by atoms with E-state index in [4.69, 9.17) is 0 Å². The summed E-state index contributed by atoms with van der Waals surface area (Å²) in [7, 11) is 2.14. The van der Waals surface area contributed by atoms with E-state index in [1.807, 2.05) is 0 Å². The zero-order valence-corrected chi connectivity index (χ0v) is 10.7. The Morgan fingerprint density at radius 3 is 2.59 bits per heavy atom. The van der Waals surface area contributed by atoms with Gasteiger partial charge in [-0.25, -0.2) is 0 Å². The molecule has 2 nitrogen and oxygen atoms in total. The quantitative estimate of drug-likeness (QED) is 0.863. The third-order valence-corrected chi connectivity index (χ3v) is 3.86. The number of hydrogen-bond donors (Lipinski definition) is 1. The molecule has 1 N–H and O–H groups in total. The lowest BCUT2D eigenvalue weighted by atomic mass is 9.91. The Morgan fingerprint density at radius 1 is 1.18 bits per heavy atom. The first-order valence-corrected chi connectivity index (χ1v) is 6.69. The van der Waals surface area contributed by atoms with Crippen molar-refractivity contribution in [2.45, 2.75) is 44.2 Å². The first-order valence-electron chi connectivity index (χ1n) is 6.69. The van der Waals surface area contributed by atoms with Crippen LogP contribution >= 0.6 is 0 Å². The van der Waals surface area contributed by atoms with E-state index in [0.717, 1.165) is 25.8 Å². The molecule has 1 aromatic rings. The second-order valence-corrected chi connectivity index (χ2v) is 5.14. The summed E-state index contributed by atoms with van der Waals surface area (Å²) in [6, 6.07) is 10.9. The van der Waals surface area contributed by atoms with Gasteiger partial charge in [0.05, 0.1) is 6.10 Å². The summed E-state index contributed by atoms with van der Waals surface area (Å²) in [5, 5.41) is 9.99. The minimum atomic E-state index is -0.121. The Morgan fingerprint density at radius 2 is 1.88 bits per heavy atom. The first kappa shape index (κ1) is 12.6. The van der Waals surface area contributed by atoms with Crippen molar-refractivity contribution in [2.24, 2.45) is 0 Å². The van der Waals surface area contributed by atoms with Crippen molar-refractivity contribution in [3.8, 4) is 0 Å². The molecular weight excluding hydrogens is 210 g/mol. The molecule has 0 heterocycles. The van der Waals surface area contributed by atoms with E-state index in [1.54, 1.807) is 0 Å². The number of aliphatic hydroxyl groups is 1. The van der Waals surface area contributed by atoms with Crippen LogP contribution in [0.15, 0.2) is 30.3 Å². The lowest BCUT2D eigenvalue weighted by Crippen LogP contribution is -2.44. The molecule has 0 amide bonds. The van der Waals surface area contributed by atoms with Crippen molar-refractivity contribution < 1.29 is 5.11 Å². The summed E-state index contributed by atoms with van der Waals surface area (Å²) in [4.78, 5) is 2.33. The highest BCUT2D eigenvalue weighted by Crippen LogP contribution is 2.22. The Kier molecular flexibility index (Phi) is 4.57. The predicted octanol–water partition coefficient (Wildman–Crippen LogP) is 2.46. The van der Waals surface area contributed by atoms with Crippen molar-refractivity contribution in [3.05, 3.63) is 35.9 Å². The molecule has 1 aliphatic rings. The Hall–Kier alpha value is -0.860. The highest BCUT2D eigenvalue weighted by Gasteiger charge is 2.25. The fourth-order valence-corrected chi connectivity index (χ4v) is 2.72. The Bertz CT molecular complexity index is 325. The van der Waals surface area contributed by atoms with Crippen molar-refractivity contribution in [1.29, 1.82) is 0 Å². The average Bonchev–Trinajstić information content (AvgIpc) is 2.38. The van der Waals surface area contributed by atoms with Gasteiger partial charge in [0.15, 0.2) is 0 Å². The van der Waals surface area contributed by atoms with Crippen LogP contribution in [0.1, 0.15) is 31.2 Å². The van der Waals surface area contributed by atoms with Gasteiger partial charge in [-0.1, -0.05) is 43.2 Å². The standard InChI is InChI=1S/C15H23NO/c1-16(14-9-5-6-10-15(14)17)12-11-13-7-3-2-4-8-13/h2-4,7-8,14-15,17H,5-6,9-12H2,1H3/t14-,15-/m0/s1. The number of benzene rings is 1. The minimum absolute atomic E-state index is 0.121. The molecule has 1 aromatic carbocycles. The topological polar surface area (TPSA) is 23.5 Å². The van der Waals surface area contributed by atoms with Crippen molar-refractivity contribution >= 4 is 0 Å². The molecule has 94 valence electrons. The second-order valence-electron chi connectivity index (χ2n) is 5.14. The summed E-state index contributed by atoms with van der Waals surface area (Å²) in [6.07, 6.45) is 5.51. The molecule has 0 unspecified atom stereocenters. The van der Waals surface area contributed by atoms with Crippen LogP contribution < -0.4 is 0 Å². The van der Waals surface area contributed by atoms with E-state index in [2.05, 4.69) is 42.3 Å². The lowest BCUT2D eigenvalue weighted by Gasteiger charge is -2.35. The molecule has 0 saturated heterocycles. The van der Waals surface area contributed by atoms with Crippen molar-refractivity contribution in [2.75, 3.05) is 13.6 Å². The average molecular weight is 233 g/mol. The summed E-state index contributed by atoms with van der Waals surface area (Å²) in [6.45, 7) is 1.03. The van der Waals surface area contributed by atoms with E-state index >= 15 is 0 Å². The summed E-state index contributed by atoms with van der Waals surface area (Å²) >= 11 is 0. The van der Waals surface area contributed by atoms with Crippen LogP contribution in [0.4, 0.5) is 0 Å². The monoisotopic (exact) mass is 233 g/mol. The molecule has 0 aliphatic heterocycles. The molecule has 0 bridgehead atoms. The maximum Gasteiger partial charge on any atom is 0.0695 e. The van der Waals surface area contributed by atoms with Gasteiger partial charge >= 0.3 is 0 Å². The molecule has 17 heavy (non-hydrogen) atoms. The zero-order valence-electron chi connectivity index (χ0n) is 10.7. The Balaban J connectivity index is 1.82. The van der Waals surface area contributed by atoms with Crippen LogP contribution in [0.3, 0.4) is 0 Å². The van der Waals surface area contributed by atoms with Crippen LogP contribution in [0.2, 0.25) is 0 Å². The molecule has 2 atom stereocenters. The predicted molar refractivity (Wildman–Crippen MR) is 71.0 cm³/mol. The largest absolute Gasteiger partial charge is 0.391 e. The maximum absolute atomic E-state index is 9.99.